The molecule has 0 amide bonds. The largest absolute Gasteiger partial charge is 0.246 e. The van der Waals surface area contributed by atoms with Crippen molar-refractivity contribution in [3.05, 3.63) is 29.3 Å². The Kier molecular flexibility index (Phi) is 4.90. The summed E-state index contributed by atoms with van der Waals surface area (Å²) in [6.45, 7) is 4.65. The highest BCUT2D eigenvalue weighted by Gasteiger charge is 2.34. The molecule has 2 rings (SSSR count). The molecule has 1 aromatic rings. The molecule has 0 aromatic heterocycles. The number of hydrogen-bond donors (Lipinski definition) is 0. The van der Waals surface area contributed by atoms with Gasteiger partial charge < -0.3 is 0 Å². The van der Waals surface area contributed by atoms with Gasteiger partial charge >= 0.3 is 0 Å². The smallest absolute Gasteiger partial charge is 0.207 e. The molecule has 118 valence electrons. The topological polar surface area (TPSA) is 37.4 Å². The number of hydrogen-bond acceptors (Lipinski definition) is 2. The summed E-state index contributed by atoms with van der Waals surface area (Å²) < 4.78 is 53.8. The van der Waals surface area contributed by atoms with Crippen molar-refractivity contribution in [1.29, 1.82) is 0 Å². The van der Waals surface area contributed by atoms with E-state index in [0.29, 0.717) is 25.4 Å². The third kappa shape index (κ3) is 3.22. The standard InChI is InChI=1S/C14H18ClF2NO2S/c1-9-3-4-18(8-10(9)2)21(19,20)13-6-11(7-15)5-12(16)14(13)17/h5-6,9-10H,3-4,7-8H2,1-2H3. The fraction of sp³-hybridized carbons (Fsp3) is 0.571. The maximum atomic E-state index is 13.9. The Bertz CT molecular complexity index is 636. The summed E-state index contributed by atoms with van der Waals surface area (Å²) in [6, 6.07) is 2.03. The van der Waals surface area contributed by atoms with Crippen molar-refractivity contribution in [3.63, 3.8) is 0 Å². The van der Waals surface area contributed by atoms with Crippen LogP contribution in [0.25, 0.3) is 0 Å². The predicted molar refractivity (Wildman–Crippen MR) is 77.6 cm³/mol. The van der Waals surface area contributed by atoms with Crippen LogP contribution in [0.2, 0.25) is 0 Å². The molecule has 0 spiro atoms. The van der Waals surface area contributed by atoms with Crippen LogP contribution in [0.1, 0.15) is 25.8 Å². The summed E-state index contributed by atoms with van der Waals surface area (Å²) in [5, 5.41) is 0. The first-order chi connectivity index (χ1) is 9.77. The fourth-order valence-corrected chi connectivity index (χ4v) is 4.30. The molecule has 1 fully saturated rings. The predicted octanol–water partition coefficient (Wildman–Crippen LogP) is 3.37. The van der Waals surface area contributed by atoms with E-state index >= 15 is 0 Å². The van der Waals surface area contributed by atoms with Crippen LogP contribution in [-0.2, 0) is 15.9 Å². The highest BCUT2D eigenvalue weighted by atomic mass is 35.5. The first-order valence-electron chi connectivity index (χ1n) is 6.81. The minimum Gasteiger partial charge on any atom is -0.207 e. The van der Waals surface area contributed by atoms with Gasteiger partial charge in [-0.3, -0.25) is 0 Å². The molecule has 21 heavy (non-hydrogen) atoms. The van der Waals surface area contributed by atoms with Crippen LogP contribution in [0.5, 0.6) is 0 Å². The van der Waals surface area contributed by atoms with Crippen molar-refractivity contribution in [2.75, 3.05) is 13.1 Å². The van der Waals surface area contributed by atoms with Crippen LogP contribution in [0.3, 0.4) is 0 Å². The monoisotopic (exact) mass is 337 g/mol. The average Bonchev–Trinajstić information content (AvgIpc) is 2.44. The van der Waals surface area contributed by atoms with Crippen molar-refractivity contribution in [2.24, 2.45) is 11.8 Å². The zero-order chi connectivity index (χ0) is 15.8. The van der Waals surface area contributed by atoms with Gasteiger partial charge in [-0.15, -0.1) is 11.6 Å². The Balaban J connectivity index is 2.42. The Hall–Kier alpha value is -0.720. The second-order valence-corrected chi connectivity index (χ2v) is 7.80. The first kappa shape index (κ1) is 16.6. The van der Waals surface area contributed by atoms with E-state index in [-0.39, 0.29) is 17.4 Å². The van der Waals surface area contributed by atoms with E-state index in [0.717, 1.165) is 12.1 Å². The SMILES string of the molecule is CC1CCN(S(=O)(=O)c2cc(CCl)cc(F)c2F)CC1C. The van der Waals surface area contributed by atoms with E-state index in [1.54, 1.807) is 0 Å². The third-order valence-electron chi connectivity index (χ3n) is 4.12. The van der Waals surface area contributed by atoms with Crippen molar-refractivity contribution in [3.8, 4) is 0 Å². The second kappa shape index (κ2) is 6.18. The van der Waals surface area contributed by atoms with Crippen LogP contribution in [0, 0.1) is 23.5 Å². The van der Waals surface area contributed by atoms with E-state index in [1.807, 2.05) is 6.92 Å². The van der Waals surface area contributed by atoms with Gasteiger partial charge in [0.25, 0.3) is 0 Å². The van der Waals surface area contributed by atoms with Crippen molar-refractivity contribution >= 4 is 21.6 Å². The minimum absolute atomic E-state index is 0.0762. The Morgan fingerprint density at radius 2 is 1.95 bits per heavy atom. The van der Waals surface area contributed by atoms with Gasteiger partial charge in [-0.25, -0.2) is 17.2 Å². The average molecular weight is 338 g/mol. The fourth-order valence-electron chi connectivity index (χ4n) is 2.46. The number of sulfonamides is 1. The molecule has 0 N–H and O–H groups in total. The van der Waals surface area contributed by atoms with E-state index in [4.69, 9.17) is 11.6 Å². The lowest BCUT2D eigenvalue weighted by Gasteiger charge is -2.34. The Labute approximate surface area is 129 Å². The maximum Gasteiger partial charge on any atom is 0.246 e. The number of alkyl halides is 1. The summed E-state index contributed by atoms with van der Waals surface area (Å²) in [4.78, 5) is -0.625. The van der Waals surface area contributed by atoms with E-state index in [1.165, 1.54) is 4.31 Å². The number of piperidine rings is 1. The van der Waals surface area contributed by atoms with Crippen molar-refractivity contribution < 1.29 is 17.2 Å². The molecule has 1 aromatic carbocycles. The summed E-state index contributed by atoms with van der Waals surface area (Å²) in [5.74, 6) is -2.02. The Morgan fingerprint density at radius 3 is 2.52 bits per heavy atom. The molecule has 0 aliphatic carbocycles. The third-order valence-corrected chi connectivity index (χ3v) is 6.30. The van der Waals surface area contributed by atoms with Crippen LogP contribution in [-0.4, -0.2) is 25.8 Å². The van der Waals surface area contributed by atoms with Gasteiger partial charge in [-0.2, -0.15) is 4.31 Å². The van der Waals surface area contributed by atoms with Crippen LogP contribution < -0.4 is 0 Å². The van der Waals surface area contributed by atoms with Crippen LogP contribution >= 0.6 is 11.6 Å². The van der Waals surface area contributed by atoms with Gasteiger partial charge in [0, 0.05) is 19.0 Å². The zero-order valence-electron chi connectivity index (χ0n) is 11.9. The molecule has 3 nitrogen and oxygen atoms in total. The Morgan fingerprint density at radius 1 is 1.29 bits per heavy atom. The lowest BCUT2D eigenvalue weighted by Crippen LogP contribution is -2.42. The van der Waals surface area contributed by atoms with Crippen LogP contribution in [0.15, 0.2) is 17.0 Å². The molecular weight excluding hydrogens is 320 g/mol. The highest BCUT2D eigenvalue weighted by molar-refractivity contribution is 7.89. The summed E-state index contributed by atoms with van der Waals surface area (Å²) in [6.07, 6.45) is 0.708. The second-order valence-electron chi connectivity index (χ2n) is 5.63. The highest BCUT2D eigenvalue weighted by Crippen LogP contribution is 2.29. The van der Waals surface area contributed by atoms with Gasteiger partial charge in [0.1, 0.15) is 4.90 Å². The molecule has 0 saturated carbocycles. The summed E-state index contributed by atoms with van der Waals surface area (Å²) >= 11 is 5.60. The van der Waals surface area contributed by atoms with Crippen LogP contribution in [0.4, 0.5) is 8.78 Å². The molecule has 0 bridgehead atoms. The molecule has 1 aliphatic rings. The molecule has 1 aliphatic heterocycles. The van der Waals surface area contributed by atoms with Gasteiger partial charge in [0.2, 0.25) is 10.0 Å². The van der Waals surface area contributed by atoms with Gasteiger partial charge in [0.05, 0.1) is 0 Å². The van der Waals surface area contributed by atoms with Gasteiger partial charge in [0.15, 0.2) is 11.6 Å². The number of benzene rings is 1. The summed E-state index contributed by atoms with van der Waals surface area (Å²) in [7, 11) is -4.04. The summed E-state index contributed by atoms with van der Waals surface area (Å²) in [5.41, 5.74) is 0.243. The zero-order valence-corrected chi connectivity index (χ0v) is 13.5. The van der Waals surface area contributed by atoms with E-state index < -0.39 is 26.6 Å². The molecule has 1 saturated heterocycles. The molecule has 1 heterocycles. The van der Waals surface area contributed by atoms with Crippen molar-refractivity contribution in [2.45, 2.75) is 31.0 Å². The van der Waals surface area contributed by atoms with E-state index in [9.17, 15) is 17.2 Å². The number of halogens is 3. The molecular formula is C14H18ClF2NO2S. The van der Waals surface area contributed by atoms with E-state index in [2.05, 4.69) is 6.92 Å². The number of rotatable bonds is 3. The minimum atomic E-state index is -4.04. The van der Waals surface area contributed by atoms with Crippen molar-refractivity contribution in [1.82, 2.24) is 4.31 Å². The van der Waals surface area contributed by atoms with Gasteiger partial charge in [-0.1, -0.05) is 13.8 Å². The lowest BCUT2D eigenvalue weighted by atomic mass is 9.90. The van der Waals surface area contributed by atoms with Gasteiger partial charge in [-0.05, 0) is 36.0 Å². The molecule has 2 atom stereocenters. The molecule has 7 heteroatoms. The lowest BCUT2D eigenvalue weighted by molar-refractivity contribution is 0.212. The molecule has 2 unspecified atom stereocenters. The number of nitrogens with zero attached hydrogens (tertiary/aromatic N) is 1. The maximum absolute atomic E-state index is 13.9. The quantitative estimate of drug-likeness (QED) is 0.793. The normalized spacial score (nSPS) is 24.2. The first-order valence-corrected chi connectivity index (χ1v) is 8.79. The molecule has 0 radical (unpaired) electrons.